The van der Waals surface area contributed by atoms with Crippen LogP contribution in [0.4, 0.5) is 5.82 Å². The van der Waals surface area contributed by atoms with Crippen molar-refractivity contribution in [1.29, 1.82) is 0 Å². The first kappa shape index (κ1) is 13.4. The van der Waals surface area contributed by atoms with Gasteiger partial charge in [-0.05, 0) is 43.9 Å². The van der Waals surface area contributed by atoms with Crippen molar-refractivity contribution in [1.82, 2.24) is 14.6 Å². The van der Waals surface area contributed by atoms with Crippen LogP contribution in [0.2, 0.25) is 0 Å². The van der Waals surface area contributed by atoms with Crippen LogP contribution in [0.5, 0.6) is 0 Å². The molecule has 22 heavy (non-hydrogen) atoms. The molecule has 2 unspecified atom stereocenters. The van der Waals surface area contributed by atoms with Gasteiger partial charge in [0.1, 0.15) is 11.3 Å². The summed E-state index contributed by atoms with van der Waals surface area (Å²) in [4.78, 5) is 7.02. The second kappa shape index (κ2) is 5.16. The Morgan fingerprint density at radius 2 is 2.27 bits per heavy atom. The highest BCUT2D eigenvalue weighted by molar-refractivity contribution is 5.69. The predicted molar refractivity (Wildman–Crippen MR) is 84.9 cm³/mol. The molecule has 0 spiro atoms. The van der Waals surface area contributed by atoms with Crippen molar-refractivity contribution >= 4 is 11.3 Å². The maximum atomic E-state index is 5.70. The molecule has 1 aliphatic rings. The molecule has 3 aromatic rings. The SMILES string of the molecule is Cc1cc2c(N3CCC(C)CC3c3ccco3)nccn2n1. The minimum atomic E-state index is 0.243. The topological polar surface area (TPSA) is 46.6 Å². The number of hydrogen-bond acceptors (Lipinski definition) is 4. The summed E-state index contributed by atoms with van der Waals surface area (Å²) in [6.45, 7) is 5.31. The smallest absolute Gasteiger partial charge is 0.155 e. The molecule has 1 aliphatic heterocycles. The number of nitrogens with zero attached hydrogens (tertiary/aromatic N) is 4. The van der Waals surface area contributed by atoms with Crippen LogP contribution >= 0.6 is 0 Å². The normalized spacial score (nSPS) is 22.4. The van der Waals surface area contributed by atoms with Gasteiger partial charge in [0.15, 0.2) is 5.82 Å². The highest BCUT2D eigenvalue weighted by Gasteiger charge is 2.31. The average molecular weight is 296 g/mol. The van der Waals surface area contributed by atoms with Crippen LogP contribution in [-0.4, -0.2) is 21.1 Å². The minimum absolute atomic E-state index is 0.243. The van der Waals surface area contributed by atoms with E-state index < -0.39 is 0 Å². The van der Waals surface area contributed by atoms with Gasteiger partial charge in [0.25, 0.3) is 0 Å². The number of aryl methyl sites for hydroxylation is 1. The van der Waals surface area contributed by atoms with E-state index in [1.54, 1.807) is 6.26 Å². The molecule has 2 atom stereocenters. The fourth-order valence-corrected chi connectivity index (χ4v) is 3.40. The number of rotatable bonds is 2. The molecule has 0 saturated carbocycles. The Balaban J connectivity index is 1.81. The van der Waals surface area contributed by atoms with Crippen molar-refractivity contribution in [2.24, 2.45) is 5.92 Å². The second-order valence-electron chi connectivity index (χ2n) is 6.22. The van der Waals surface area contributed by atoms with Crippen LogP contribution in [-0.2, 0) is 0 Å². The van der Waals surface area contributed by atoms with Gasteiger partial charge in [-0.2, -0.15) is 5.10 Å². The van der Waals surface area contributed by atoms with Crippen molar-refractivity contribution in [3.05, 3.63) is 48.3 Å². The first-order valence-electron chi connectivity index (χ1n) is 7.83. The summed E-state index contributed by atoms with van der Waals surface area (Å²) in [5.74, 6) is 2.71. The van der Waals surface area contributed by atoms with E-state index in [-0.39, 0.29) is 6.04 Å². The summed E-state index contributed by atoms with van der Waals surface area (Å²) < 4.78 is 7.61. The average Bonchev–Trinajstić information content (AvgIpc) is 3.14. The van der Waals surface area contributed by atoms with E-state index in [1.807, 2.05) is 29.9 Å². The second-order valence-corrected chi connectivity index (χ2v) is 6.22. The van der Waals surface area contributed by atoms with E-state index in [1.165, 1.54) is 6.42 Å². The van der Waals surface area contributed by atoms with Gasteiger partial charge in [0.2, 0.25) is 0 Å². The predicted octanol–water partition coefficient (Wildman–Crippen LogP) is 3.61. The molecule has 4 heterocycles. The van der Waals surface area contributed by atoms with Crippen molar-refractivity contribution in [3.8, 4) is 0 Å². The van der Waals surface area contributed by atoms with Crippen LogP contribution in [0.25, 0.3) is 5.52 Å². The third-order valence-corrected chi connectivity index (χ3v) is 4.50. The van der Waals surface area contributed by atoms with E-state index in [2.05, 4.69) is 34.0 Å². The lowest BCUT2D eigenvalue weighted by Gasteiger charge is -2.38. The Bertz CT molecular complexity index is 777. The van der Waals surface area contributed by atoms with Gasteiger partial charge in [-0.1, -0.05) is 6.92 Å². The molecule has 0 aromatic carbocycles. The van der Waals surface area contributed by atoms with E-state index >= 15 is 0 Å². The van der Waals surface area contributed by atoms with Crippen LogP contribution in [0.1, 0.15) is 37.3 Å². The first-order valence-corrected chi connectivity index (χ1v) is 7.83. The Morgan fingerprint density at radius 3 is 3.09 bits per heavy atom. The van der Waals surface area contributed by atoms with E-state index in [0.29, 0.717) is 5.92 Å². The standard InChI is InChI=1S/C17H20N4O/c1-12-5-7-20(14(10-12)16-4-3-9-22-16)17-15-11-13(2)19-21(15)8-6-18-17/h3-4,6,8-9,11-12,14H,5,7,10H2,1-2H3. The number of piperidine rings is 1. The lowest BCUT2D eigenvalue weighted by Crippen LogP contribution is -2.36. The molecule has 1 fully saturated rings. The van der Waals surface area contributed by atoms with Gasteiger partial charge in [-0.25, -0.2) is 9.50 Å². The molecule has 5 nitrogen and oxygen atoms in total. The number of furan rings is 1. The molecule has 0 bridgehead atoms. The van der Waals surface area contributed by atoms with Crippen LogP contribution in [0.15, 0.2) is 41.3 Å². The zero-order chi connectivity index (χ0) is 15.1. The van der Waals surface area contributed by atoms with Crippen molar-refractivity contribution in [2.75, 3.05) is 11.4 Å². The summed E-state index contributed by atoms with van der Waals surface area (Å²) in [6.07, 6.45) is 7.74. The minimum Gasteiger partial charge on any atom is -0.467 e. The number of aromatic nitrogens is 3. The molecule has 0 N–H and O–H groups in total. The fraction of sp³-hybridized carbons (Fsp3) is 0.412. The molecule has 114 valence electrons. The molecule has 4 rings (SSSR count). The Morgan fingerprint density at radius 1 is 1.36 bits per heavy atom. The van der Waals surface area contributed by atoms with Gasteiger partial charge in [0, 0.05) is 18.9 Å². The molecular weight excluding hydrogens is 276 g/mol. The van der Waals surface area contributed by atoms with Crippen LogP contribution < -0.4 is 4.90 Å². The quantitative estimate of drug-likeness (QED) is 0.725. The van der Waals surface area contributed by atoms with Crippen molar-refractivity contribution in [3.63, 3.8) is 0 Å². The lowest BCUT2D eigenvalue weighted by molar-refractivity contribution is 0.327. The van der Waals surface area contributed by atoms with Crippen LogP contribution in [0, 0.1) is 12.8 Å². The fourth-order valence-electron chi connectivity index (χ4n) is 3.40. The maximum absolute atomic E-state index is 5.70. The summed E-state index contributed by atoms with van der Waals surface area (Å²) >= 11 is 0. The third kappa shape index (κ3) is 2.17. The molecule has 0 aliphatic carbocycles. The number of anilines is 1. The van der Waals surface area contributed by atoms with Gasteiger partial charge in [-0.3, -0.25) is 0 Å². The molecule has 0 amide bonds. The Labute approximate surface area is 129 Å². The molecule has 0 radical (unpaired) electrons. The number of hydrogen-bond donors (Lipinski definition) is 0. The van der Waals surface area contributed by atoms with Gasteiger partial charge in [-0.15, -0.1) is 0 Å². The Kier molecular flexibility index (Phi) is 3.13. The molecule has 5 heteroatoms. The summed E-state index contributed by atoms with van der Waals surface area (Å²) in [6, 6.07) is 6.37. The van der Waals surface area contributed by atoms with Crippen molar-refractivity contribution < 1.29 is 4.42 Å². The van der Waals surface area contributed by atoms with Gasteiger partial charge < -0.3 is 9.32 Å². The summed E-state index contributed by atoms with van der Waals surface area (Å²) in [5, 5.41) is 4.50. The summed E-state index contributed by atoms with van der Waals surface area (Å²) in [7, 11) is 0. The third-order valence-electron chi connectivity index (χ3n) is 4.50. The van der Waals surface area contributed by atoms with Gasteiger partial charge in [0.05, 0.1) is 18.0 Å². The summed E-state index contributed by atoms with van der Waals surface area (Å²) in [5.41, 5.74) is 2.07. The number of fused-ring (bicyclic) bond motifs is 1. The van der Waals surface area contributed by atoms with E-state index in [0.717, 1.165) is 35.8 Å². The molecular formula is C17H20N4O. The lowest BCUT2D eigenvalue weighted by atomic mass is 9.91. The Hall–Kier alpha value is -2.30. The van der Waals surface area contributed by atoms with E-state index in [9.17, 15) is 0 Å². The van der Waals surface area contributed by atoms with Crippen molar-refractivity contribution in [2.45, 2.75) is 32.7 Å². The van der Waals surface area contributed by atoms with Crippen LogP contribution in [0.3, 0.4) is 0 Å². The van der Waals surface area contributed by atoms with Gasteiger partial charge >= 0.3 is 0 Å². The first-order chi connectivity index (χ1) is 10.7. The van der Waals surface area contributed by atoms with E-state index in [4.69, 9.17) is 4.42 Å². The molecule has 1 saturated heterocycles. The highest BCUT2D eigenvalue weighted by atomic mass is 16.3. The molecule has 3 aromatic heterocycles. The highest BCUT2D eigenvalue weighted by Crippen LogP contribution is 2.38. The monoisotopic (exact) mass is 296 g/mol. The maximum Gasteiger partial charge on any atom is 0.155 e. The zero-order valence-electron chi connectivity index (χ0n) is 12.9. The largest absolute Gasteiger partial charge is 0.467 e. The zero-order valence-corrected chi connectivity index (χ0v) is 12.9.